The number of alkyl halides is 2. The monoisotopic (exact) mass is 620 g/mol. The van der Waals surface area contributed by atoms with Crippen molar-refractivity contribution in [2.45, 2.75) is 68.1 Å². The van der Waals surface area contributed by atoms with E-state index in [0.29, 0.717) is 36.2 Å². The van der Waals surface area contributed by atoms with Gasteiger partial charge in [0.1, 0.15) is 11.0 Å². The molecule has 226 valence electrons. The summed E-state index contributed by atoms with van der Waals surface area (Å²) in [7, 11) is -4.67. The van der Waals surface area contributed by atoms with Crippen molar-refractivity contribution in [1.82, 2.24) is 4.72 Å². The largest absolute Gasteiger partial charge is 0.490 e. The highest BCUT2D eigenvalue weighted by Gasteiger charge is 2.44. The predicted molar refractivity (Wildman–Crippen MR) is 157 cm³/mol. The second kappa shape index (κ2) is 11.4. The molecular formula is C31H35ClF2N2O5S. The van der Waals surface area contributed by atoms with Crippen LogP contribution in [0.5, 0.6) is 5.75 Å². The van der Waals surface area contributed by atoms with E-state index >= 15 is 0 Å². The molecule has 5 atom stereocenters. The van der Waals surface area contributed by atoms with Crippen LogP contribution in [0.1, 0.15) is 60.0 Å². The summed E-state index contributed by atoms with van der Waals surface area (Å²) in [5, 5.41) is 9.60. The van der Waals surface area contributed by atoms with Gasteiger partial charge in [0.2, 0.25) is 10.0 Å². The zero-order chi connectivity index (χ0) is 29.6. The topological polar surface area (TPSA) is 95.9 Å². The Balaban J connectivity index is 1.42. The van der Waals surface area contributed by atoms with Gasteiger partial charge in [-0.05, 0) is 98.2 Å². The van der Waals surface area contributed by atoms with Crippen LogP contribution in [0.4, 0.5) is 14.5 Å². The van der Waals surface area contributed by atoms with Crippen LogP contribution in [0.2, 0.25) is 5.02 Å². The first-order valence-electron chi connectivity index (χ1n) is 14.6. The molecule has 6 rings (SSSR count). The summed E-state index contributed by atoms with van der Waals surface area (Å²) in [6.45, 7) is 1.63. The molecule has 0 saturated heterocycles. The van der Waals surface area contributed by atoms with E-state index < -0.39 is 33.7 Å². The number of aliphatic hydroxyl groups is 1. The van der Waals surface area contributed by atoms with Crippen molar-refractivity contribution in [3.05, 3.63) is 70.3 Å². The fourth-order valence-corrected chi connectivity index (χ4v) is 8.57. The van der Waals surface area contributed by atoms with Crippen molar-refractivity contribution >= 4 is 33.2 Å². The minimum atomic E-state index is -4.67. The van der Waals surface area contributed by atoms with E-state index in [0.717, 1.165) is 32.1 Å². The van der Waals surface area contributed by atoms with E-state index in [-0.39, 0.29) is 35.7 Å². The average molecular weight is 621 g/mol. The number of carbonyl (C=O) groups excluding carboxylic acids is 1. The van der Waals surface area contributed by atoms with E-state index in [2.05, 4.69) is 11.0 Å². The number of anilines is 1. The number of rotatable bonds is 1. The fourth-order valence-electron chi connectivity index (χ4n) is 7.13. The first kappa shape index (κ1) is 29.4. The Morgan fingerprint density at radius 1 is 1.14 bits per heavy atom. The minimum absolute atomic E-state index is 0.0173. The van der Waals surface area contributed by atoms with Crippen LogP contribution >= 0.6 is 11.6 Å². The first-order valence-corrected chi connectivity index (χ1v) is 16.5. The molecule has 4 aliphatic rings. The number of halogens is 3. The molecule has 2 aromatic carbocycles. The van der Waals surface area contributed by atoms with Gasteiger partial charge in [-0.1, -0.05) is 29.8 Å². The molecule has 2 aliphatic carbocycles. The zero-order valence-electron chi connectivity index (χ0n) is 23.1. The molecule has 0 radical (unpaired) electrons. The number of amides is 1. The summed E-state index contributed by atoms with van der Waals surface area (Å²) in [6, 6.07) is 10.7. The second-order valence-corrected chi connectivity index (χ2v) is 14.5. The Morgan fingerprint density at radius 3 is 2.74 bits per heavy atom. The lowest BCUT2D eigenvalue weighted by Gasteiger charge is -2.45. The van der Waals surface area contributed by atoms with Crippen LogP contribution in [-0.4, -0.2) is 56.9 Å². The maximum atomic E-state index is 13.8. The summed E-state index contributed by atoms with van der Waals surface area (Å²) >= 11 is 6.35. The number of nitrogens with one attached hydrogen (secondary N) is 1. The Kier molecular flexibility index (Phi) is 8.00. The Hall–Kier alpha value is -2.69. The number of aliphatic hydroxyl groups excluding tert-OH is 1. The number of aryl methyl sites for hydroxylation is 1. The Bertz CT molecular complexity index is 1500. The van der Waals surface area contributed by atoms with Crippen LogP contribution in [-0.2, 0) is 21.9 Å². The third-order valence-corrected chi connectivity index (χ3v) is 11.5. The quantitative estimate of drug-likeness (QED) is 0.423. The number of sulfonamides is 1. The molecule has 1 fully saturated rings. The van der Waals surface area contributed by atoms with Gasteiger partial charge in [0.25, 0.3) is 12.3 Å². The van der Waals surface area contributed by atoms with Crippen LogP contribution in [0.3, 0.4) is 0 Å². The number of nitrogens with zero attached hydrogens (tertiary/aromatic N) is 1. The van der Waals surface area contributed by atoms with Gasteiger partial charge in [0.15, 0.2) is 0 Å². The van der Waals surface area contributed by atoms with Gasteiger partial charge >= 0.3 is 0 Å². The molecule has 1 saturated carbocycles. The van der Waals surface area contributed by atoms with E-state index in [1.165, 1.54) is 17.2 Å². The molecular weight excluding hydrogens is 586 g/mol. The summed E-state index contributed by atoms with van der Waals surface area (Å²) in [4.78, 5) is 15.4. The first-order chi connectivity index (χ1) is 20.1. The Labute approximate surface area is 249 Å². The van der Waals surface area contributed by atoms with Gasteiger partial charge in [-0.15, -0.1) is 0 Å². The highest BCUT2D eigenvalue weighted by Crippen LogP contribution is 2.46. The molecule has 2 aromatic rings. The van der Waals surface area contributed by atoms with Crippen molar-refractivity contribution in [3.8, 4) is 5.75 Å². The predicted octanol–water partition coefficient (Wildman–Crippen LogP) is 5.24. The number of fused-ring (bicyclic) bond motifs is 4. The number of allylic oxidation sites excluding steroid dienone is 1. The van der Waals surface area contributed by atoms with Crippen LogP contribution in [0, 0.1) is 11.8 Å². The lowest BCUT2D eigenvalue weighted by atomic mass is 9.68. The maximum absolute atomic E-state index is 13.8. The summed E-state index contributed by atoms with van der Waals surface area (Å²) in [5.74, 6) is -0.244. The van der Waals surface area contributed by atoms with Gasteiger partial charge in [-0.3, -0.25) is 4.79 Å². The van der Waals surface area contributed by atoms with Gasteiger partial charge in [-0.25, -0.2) is 21.9 Å². The SMILES string of the molecule is O=C1NS(=O)(=O)[C@H](C(F)F)CC/C=C\[C@H](O)[C@@H]2CC[C@H]2CN2C[C@@]3(CCCc4cc(Cl)ccc43)COc3ccc1cc32. The fraction of sp³-hybridized carbons (Fsp3) is 0.516. The molecule has 1 amide bonds. The van der Waals surface area contributed by atoms with Crippen molar-refractivity contribution in [2.75, 3.05) is 24.6 Å². The van der Waals surface area contributed by atoms with Crippen LogP contribution < -0.4 is 14.4 Å². The molecule has 11 heteroatoms. The normalized spacial score (nSPS) is 31.6. The number of benzene rings is 2. The lowest BCUT2D eigenvalue weighted by Crippen LogP contribution is -2.49. The number of hydrogen-bond donors (Lipinski definition) is 2. The number of ether oxygens (including phenoxy) is 1. The highest BCUT2D eigenvalue weighted by atomic mass is 35.5. The summed E-state index contributed by atoms with van der Waals surface area (Å²) in [5.41, 5.74) is 2.73. The minimum Gasteiger partial charge on any atom is -0.490 e. The van der Waals surface area contributed by atoms with Crippen LogP contribution in [0.25, 0.3) is 0 Å². The van der Waals surface area contributed by atoms with Crippen molar-refractivity contribution in [3.63, 3.8) is 0 Å². The lowest BCUT2D eigenvalue weighted by molar-refractivity contribution is 0.0456. The molecule has 7 nitrogen and oxygen atoms in total. The zero-order valence-corrected chi connectivity index (χ0v) is 24.7. The van der Waals surface area contributed by atoms with Crippen molar-refractivity contribution in [2.24, 2.45) is 11.8 Å². The average Bonchev–Trinajstić information content (AvgIpc) is 3.06. The third kappa shape index (κ3) is 5.53. The van der Waals surface area contributed by atoms with E-state index in [4.69, 9.17) is 16.3 Å². The Morgan fingerprint density at radius 2 is 1.98 bits per heavy atom. The number of carbonyl (C=O) groups is 1. The smallest absolute Gasteiger partial charge is 0.264 e. The molecule has 42 heavy (non-hydrogen) atoms. The molecule has 0 aromatic heterocycles. The van der Waals surface area contributed by atoms with Crippen LogP contribution in [0.15, 0.2) is 48.6 Å². The highest BCUT2D eigenvalue weighted by molar-refractivity contribution is 7.90. The second-order valence-electron chi connectivity index (χ2n) is 12.1. The van der Waals surface area contributed by atoms with Gasteiger partial charge in [0, 0.05) is 29.1 Å². The van der Waals surface area contributed by atoms with E-state index in [1.807, 2.05) is 16.9 Å². The maximum Gasteiger partial charge on any atom is 0.264 e. The summed E-state index contributed by atoms with van der Waals surface area (Å²) < 4.78 is 61.7. The molecule has 2 heterocycles. The third-order valence-electron chi connectivity index (χ3n) is 9.53. The molecule has 2 bridgehead atoms. The van der Waals surface area contributed by atoms with Gasteiger partial charge in [0.05, 0.1) is 18.4 Å². The van der Waals surface area contributed by atoms with Gasteiger partial charge in [-0.2, -0.15) is 0 Å². The van der Waals surface area contributed by atoms with Crippen molar-refractivity contribution in [1.29, 1.82) is 0 Å². The standard InChI is InChI=1S/C31H35ClF2N2O5S/c32-22-9-11-24-19(14-22)4-3-13-31(24)17-36-16-21-7-10-23(21)26(37)5-1-2-6-28(29(33)34)42(39,40)35-30(38)20-8-12-27(41-18-31)25(36)15-20/h1,5,8-9,11-12,14-15,21,23,26,28-29,37H,2-4,6-7,10,13,16-18H2,(H,35,38)/b5-1-/t21-,23+,26-,28-,31-/m0/s1. The molecule has 2 N–H and O–H groups in total. The van der Waals surface area contributed by atoms with Crippen molar-refractivity contribution < 1.29 is 31.8 Å². The molecule has 2 aliphatic heterocycles. The van der Waals surface area contributed by atoms with E-state index in [1.54, 1.807) is 24.3 Å². The van der Waals surface area contributed by atoms with E-state index in [9.17, 15) is 27.1 Å². The summed E-state index contributed by atoms with van der Waals surface area (Å²) in [6.07, 6.45) is 3.41. The van der Waals surface area contributed by atoms with Gasteiger partial charge < -0.3 is 14.7 Å². The molecule has 0 unspecified atom stereocenters. The number of hydrogen-bond acceptors (Lipinski definition) is 6. The molecule has 1 spiro atoms.